The number of rotatable bonds is 6. The van der Waals surface area contributed by atoms with Crippen molar-refractivity contribution in [3.8, 4) is 5.75 Å². The molecule has 0 saturated carbocycles. The van der Waals surface area contributed by atoms with Gasteiger partial charge in [-0.3, -0.25) is 4.79 Å². The molecular weight excluding hydrogens is 226 g/mol. The van der Waals surface area contributed by atoms with Gasteiger partial charge < -0.3 is 10.5 Å². The number of hydrogen-bond acceptors (Lipinski definition) is 3. The summed E-state index contributed by atoms with van der Waals surface area (Å²) in [5.74, 6) is 0.922. The predicted molar refractivity (Wildman–Crippen MR) is 74.1 cm³/mol. The van der Waals surface area contributed by atoms with E-state index in [0.29, 0.717) is 6.54 Å². The average Bonchev–Trinajstić information content (AvgIpc) is 2.41. The number of carbonyl (C=O) groups excluding carboxylic acids is 1. The number of benzene rings is 1. The topological polar surface area (TPSA) is 52.3 Å². The molecule has 0 atom stereocenters. The summed E-state index contributed by atoms with van der Waals surface area (Å²) >= 11 is 0. The summed E-state index contributed by atoms with van der Waals surface area (Å²) in [5.41, 5.74) is 7.09. The first kappa shape index (κ1) is 14.7. The van der Waals surface area contributed by atoms with Crippen molar-refractivity contribution in [2.24, 2.45) is 11.1 Å². The molecule has 3 heteroatoms. The van der Waals surface area contributed by atoms with Gasteiger partial charge in [-0.05, 0) is 43.5 Å². The summed E-state index contributed by atoms with van der Waals surface area (Å²) in [6.45, 7) is 6.37. The normalized spacial score (nSPS) is 11.4. The van der Waals surface area contributed by atoms with Crippen LogP contribution in [0, 0.1) is 12.3 Å². The van der Waals surface area contributed by atoms with E-state index in [-0.39, 0.29) is 5.78 Å². The van der Waals surface area contributed by atoms with Crippen LogP contribution in [0.2, 0.25) is 0 Å². The number of methoxy groups -OCH3 is 1. The van der Waals surface area contributed by atoms with Crippen molar-refractivity contribution >= 4 is 5.78 Å². The Labute approximate surface area is 109 Å². The van der Waals surface area contributed by atoms with Gasteiger partial charge in [-0.2, -0.15) is 0 Å². The standard InChI is InChI=1S/C15H23NO2/c1-5-15(6-2,10-16)14(17)13-8-7-12(18-4)9-11(13)3/h7-9H,5-6,10,16H2,1-4H3. The molecule has 0 bridgehead atoms. The van der Waals surface area contributed by atoms with Crippen molar-refractivity contribution in [3.05, 3.63) is 29.3 Å². The summed E-state index contributed by atoms with van der Waals surface area (Å²) in [7, 11) is 1.62. The van der Waals surface area contributed by atoms with Crippen molar-refractivity contribution in [3.63, 3.8) is 0 Å². The average molecular weight is 249 g/mol. The molecule has 0 aliphatic carbocycles. The van der Waals surface area contributed by atoms with Crippen molar-refractivity contribution in [2.75, 3.05) is 13.7 Å². The second-order valence-corrected chi connectivity index (χ2v) is 4.70. The molecular formula is C15H23NO2. The first-order valence-corrected chi connectivity index (χ1v) is 6.44. The molecule has 0 aromatic heterocycles. The van der Waals surface area contributed by atoms with Crippen LogP contribution in [0.3, 0.4) is 0 Å². The maximum absolute atomic E-state index is 12.7. The third-order valence-electron chi connectivity index (χ3n) is 3.90. The molecule has 0 aliphatic heterocycles. The molecule has 3 nitrogen and oxygen atoms in total. The Balaban J connectivity index is 3.17. The lowest BCUT2D eigenvalue weighted by molar-refractivity contribution is 0.0786. The molecule has 0 saturated heterocycles. The molecule has 0 amide bonds. The summed E-state index contributed by atoms with van der Waals surface area (Å²) in [4.78, 5) is 12.7. The molecule has 18 heavy (non-hydrogen) atoms. The van der Waals surface area contributed by atoms with Crippen molar-refractivity contribution < 1.29 is 9.53 Å². The van der Waals surface area contributed by atoms with Gasteiger partial charge >= 0.3 is 0 Å². The summed E-state index contributed by atoms with van der Waals surface area (Å²) in [5, 5.41) is 0. The SMILES string of the molecule is CCC(CC)(CN)C(=O)c1ccc(OC)cc1C. The van der Waals surface area contributed by atoms with Crippen LogP contribution in [-0.4, -0.2) is 19.4 Å². The molecule has 0 spiro atoms. The molecule has 1 aromatic rings. The minimum atomic E-state index is -0.431. The van der Waals surface area contributed by atoms with Crippen LogP contribution < -0.4 is 10.5 Å². The zero-order chi connectivity index (χ0) is 13.8. The van der Waals surface area contributed by atoms with Crippen LogP contribution in [0.15, 0.2) is 18.2 Å². The third-order valence-corrected chi connectivity index (χ3v) is 3.90. The van der Waals surface area contributed by atoms with Crippen LogP contribution >= 0.6 is 0 Å². The minimum absolute atomic E-state index is 0.148. The Morgan fingerprint density at radius 2 is 1.94 bits per heavy atom. The van der Waals surface area contributed by atoms with Crippen molar-refractivity contribution in [1.82, 2.24) is 0 Å². The van der Waals surface area contributed by atoms with Crippen LogP contribution in [0.5, 0.6) is 5.75 Å². The van der Waals surface area contributed by atoms with Gasteiger partial charge in [0, 0.05) is 17.5 Å². The van der Waals surface area contributed by atoms with Gasteiger partial charge in [0.1, 0.15) is 5.75 Å². The van der Waals surface area contributed by atoms with E-state index in [2.05, 4.69) is 0 Å². The van der Waals surface area contributed by atoms with Crippen LogP contribution in [-0.2, 0) is 0 Å². The lowest BCUT2D eigenvalue weighted by atomic mass is 9.75. The Morgan fingerprint density at radius 3 is 2.33 bits per heavy atom. The highest BCUT2D eigenvalue weighted by Crippen LogP contribution is 2.31. The zero-order valence-corrected chi connectivity index (χ0v) is 11.7. The van der Waals surface area contributed by atoms with Crippen LogP contribution in [0.4, 0.5) is 0 Å². The second kappa shape index (κ2) is 6.01. The van der Waals surface area contributed by atoms with Gasteiger partial charge in [-0.25, -0.2) is 0 Å². The van der Waals surface area contributed by atoms with E-state index in [1.54, 1.807) is 7.11 Å². The number of ketones is 1. The summed E-state index contributed by atoms with van der Waals surface area (Å²) < 4.78 is 5.16. The third kappa shape index (κ3) is 2.56. The quantitative estimate of drug-likeness (QED) is 0.789. The second-order valence-electron chi connectivity index (χ2n) is 4.70. The molecule has 0 aliphatic rings. The van der Waals surface area contributed by atoms with Gasteiger partial charge in [0.05, 0.1) is 7.11 Å². The number of carbonyl (C=O) groups is 1. The molecule has 0 unspecified atom stereocenters. The van der Waals surface area contributed by atoms with E-state index < -0.39 is 5.41 Å². The maximum Gasteiger partial charge on any atom is 0.170 e. The summed E-state index contributed by atoms with van der Waals surface area (Å²) in [6, 6.07) is 5.55. The smallest absolute Gasteiger partial charge is 0.170 e. The van der Waals surface area contributed by atoms with E-state index in [4.69, 9.17) is 10.5 Å². The monoisotopic (exact) mass is 249 g/mol. The highest BCUT2D eigenvalue weighted by atomic mass is 16.5. The molecule has 0 radical (unpaired) electrons. The van der Waals surface area contributed by atoms with E-state index >= 15 is 0 Å². The van der Waals surface area contributed by atoms with Gasteiger partial charge in [0.25, 0.3) is 0 Å². The number of ether oxygens (including phenoxy) is 1. The zero-order valence-electron chi connectivity index (χ0n) is 11.7. The summed E-state index contributed by atoms with van der Waals surface area (Å²) in [6.07, 6.45) is 1.54. The van der Waals surface area contributed by atoms with Gasteiger partial charge in [-0.15, -0.1) is 0 Å². The molecule has 1 rings (SSSR count). The molecule has 0 heterocycles. The van der Waals surface area contributed by atoms with Crippen LogP contribution in [0.1, 0.15) is 42.6 Å². The largest absolute Gasteiger partial charge is 0.497 e. The van der Waals surface area contributed by atoms with Gasteiger partial charge in [-0.1, -0.05) is 13.8 Å². The molecule has 1 aromatic carbocycles. The van der Waals surface area contributed by atoms with E-state index in [9.17, 15) is 4.79 Å². The number of Topliss-reactive ketones (excluding diaryl/α,β-unsaturated/α-hetero) is 1. The fraction of sp³-hybridized carbons (Fsp3) is 0.533. The lowest BCUT2D eigenvalue weighted by Gasteiger charge is -2.29. The molecule has 100 valence electrons. The maximum atomic E-state index is 12.7. The Bertz CT molecular complexity index is 414. The first-order valence-electron chi connectivity index (χ1n) is 6.44. The number of hydrogen-bond donors (Lipinski definition) is 1. The molecule has 2 N–H and O–H groups in total. The Hall–Kier alpha value is -1.35. The van der Waals surface area contributed by atoms with Crippen molar-refractivity contribution in [2.45, 2.75) is 33.6 Å². The van der Waals surface area contributed by atoms with E-state index in [0.717, 1.165) is 29.7 Å². The van der Waals surface area contributed by atoms with Gasteiger partial charge in [0.2, 0.25) is 0 Å². The predicted octanol–water partition coefficient (Wildman–Crippen LogP) is 2.95. The van der Waals surface area contributed by atoms with Gasteiger partial charge in [0.15, 0.2) is 5.78 Å². The molecule has 0 fully saturated rings. The first-order chi connectivity index (χ1) is 8.54. The lowest BCUT2D eigenvalue weighted by Crippen LogP contribution is -2.38. The highest BCUT2D eigenvalue weighted by Gasteiger charge is 2.34. The van der Waals surface area contributed by atoms with E-state index in [1.807, 2.05) is 39.0 Å². The van der Waals surface area contributed by atoms with Crippen molar-refractivity contribution in [1.29, 1.82) is 0 Å². The van der Waals surface area contributed by atoms with E-state index in [1.165, 1.54) is 0 Å². The number of nitrogens with two attached hydrogens (primary N) is 1. The number of aryl methyl sites for hydroxylation is 1. The highest BCUT2D eigenvalue weighted by molar-refractivity contribution is 6.02. The fourth-order valence-electron chi connectivity index (χ4n) is 2.26. The Morgan fingerprint density at radius 1 is 1.33 bits per heavy atom. The van der Waals surface area contributed by atoms with Crippen LogP contribution in [0.25, 0.3) is 0 Å². The minimum Gasteiger partial charge on any atom is -0.497 e. The Kier molecular flexibility index (Phi) is 4.91. The fourth-order valence-corrected chi connectivity index (χ4v) is 2.26.